The van der Waals surface area contributed by atoms with E-state index < -0.39 is 0 Å². The van der Waals surface area contributed by atoms with E-state index in [1.165, 1.54) is 37.0 Å². The van der Waals surface area contributed by atoms with E-state index in [9.17, 15) is 0 Å². The second kappa shape index (κ2) is 7.18. The van der Waals surface area contributed by atoms with Crippen molar-refractivity contribution in [3.8, 4) is 5.75 Å². The summed E-state index contributed by atoms with van der Waals surface area (Å²) in [4.78, 5) is 9.81. The molecule has 124 valence electrons. The Morgan fingerprint density at radius 2 is 2.04 bits per heavy atom. The first-order valence-electron chi connectivity index (χ1n) is 8.64. The molecule has 1 aliphatic rings. The number of methoxy groups -OCH3 is 1. The van der Waals surface area contributed by atoms with Crippen molar-refractivity contribution in [2.45, 2.75) is 26.7 Å². The monoisotopic (exact) mass is 313 g/mol. The third-order valence-electron chi connectivity index (χ3n) is 4.60. The predicted molar refractivity (Wildman–Crippen MR) is 96.6 cm³/mol. The van der Waals surface area contributed by atoms with Gasteiger partial charge in [-0.3, -0.25) is 0 Å². The number of anilines is 1. The molecule has 0 spiro atoms. The number of aromatic nitrogens is 1. The molecule has 0 radical (unpaired) electrons. The van der Waals surface area contributed by atoms with E-state index in [0.29, 0.717) is 0 Å². The van der Waals surface area contributed by atoms with Gasteiger partial charge < -0.3 is 14.5 Å². The van der Waals surface area contributed by atoms with Crippen LogP contribution in [0.3, 0.4) is 0 Å². The zero-order valence-corrected chi connectivity index (χ0v) is 14.5. The summed E-state index contributed by atoms with van der Waals surface area (Å²) < 4.78 is 5.51. The largest absolute Gasteiger partial charge is 0.494 e. The molecule has 4 nitrogen and oxygen atoms in total. The number of rotatable bonds is 4. The van der Waals surface area contributed by atoms with E-state index in [0.717, 1.165) is 36.6 Å². The Kier molecular flexibility index (Phi) is 5.01. The van der Waals surface area contributed by atoms with Crippen molar-refractivity contribution in [1.82, 2.24) is 9.88 Å². The van der Waals surface area contributed by atoms with Crippen molar-refractivity contribution in [2.24, 2.45) is 0 Å². The Morgan fingerprint density at radius 1 is 1.17 bits per heavy atom. The summed E-state index contributed by atoms with van der Waals surface area (Å²) in [6.45, 7) is 10.1. The van der Waals surface area contributed by atoms with Gasteiger partial charge in [0.2, 0.25) is 0 Å². The fraction of sp³-hybridized carbons (Fsp3) is 0.526. The first-order chi connectivity index (χ1) is 11.2. The third-order valence-corrected chi connectivity index (χ3v) is 4.60. The SMILES string of the molecule is CCCN1CCCN(c2cc(C)nc3c(OC)cccc23)CC1. The second-order valence-electron chi connectivity index (χ2n) is 6.32. The number of ether oxygens (including phenoxy) is 1. The van der Waals surface area contributed by atoms with Crippen LogP contribution < -0.4 is 9.64 Å². The van der Waals surface area contributed by atoms with Gasteiger partial charge in [-0.2, -0.15) is 0 Å². The Bertz CT molecular complexity index is 671. The van der Waals surface area contributed by atoms with Gasteiger partial charge in [-0.1, -0.05) is 19.1 Å². The van der Waals surface area contributed by atoms with E-state index in [4.69, 9.17) is 9.72 Å². The maximum atomic E-state index is 5.51. The average Bonchev–Trinajstić information content (AvgIpc) is 2.79. The van der Waals surface area contributed by atoms with Crippen molar-refractivity contribution in [1.29, 1.82) is 0 Å². The molecule has 1 aromatic carbocycles. The highest BCUT2D eigenvalue weighted by atomic mass is 16.5. The van der Waals surface area contributed by atoms with E-state index >= 15 is 0 Å². The molecule has 23 heavy (non-hydrogen) atoms. The Labute approximate surface area is 139 Å². The first-order valence-corrected chi connectivity index (χ1v) is 8.64. The zero-order valence-electron chi connectivity index (χ0n) is 14.5. The number of hydrogen-bond acceptors (Lipinski definition) is 4. The van der Waals surface area contributed by atoms with Crippen molar-refractivity contribution in [2.75, 3.05) is 44.7 Å². The molecule has 4 heteroatoms. The molecular weight excluding hydrogens is 286 g/mol. The molecule has 1 aromatic heterocycles. The van der Waals surface area contributed by atoms with Crippen LogP contribution in [0.15, 0.2) is 24.3 Å². The molecule has 0 atom stereocenters. The van der Waals surface area contributed by atoms with Crippen LogP contribution in [-0.2, 0) is 0 Å². The molecular formula is C19H27N3O. The minimum atomic E-state index is 0.856. The van der Waals surface area contributed by atoms with Gasteiger partial charge >= 0.3 is 0 Å². The number of nitrogens with zero attached hydrogens (tertiary/aromatic N) is 3. The molecule has 1 fully saturated rings. The molecule has 0 bridgehead atoms. The molecule has 2 aromatic rings. The van der Waals surface area contributed by atoms with Crippen LogP contribution in [0.2, 0.25) is 0 Å². The quantitative estimate of drug-likeness (QED) is 0.864. The summed E-state index contributed by atoms with van der Waals surface area (Å²) in [6, 6.07) is 8.43. The summed E-state index contributed by atoms with van der Waals surface area (Å²) in [5, 5.41) is 1.19. The van der Waals surface area contributed by atoms with E-state index in [2.05, 4.69) is 41.8 Å². The standard InChI is InChI=1S/C19H27N3O/c1-4-9-21-10-6-11-22(13-12-21)17-14-15(2)20-19-16(17)7-5-8-18(19)23-3/h5,7-8,14H,4,6,9-13H2,1-3H3. The molecule has 0 amide bonds. The number of benzene rings is 1. The van der Waals surface area contributed by atoms with Crippen molar-refractivity contribution in [3.05, 3.63) is 30.0 Å². The van der Waals surface area contributed by atoms with Gasteiger partial charge in [-0.25, -0.2) is 4.98 Å². The molecule has 1 aliphatic heterocycles. The van der Waals surface area contributed by atoms with E-state index in [1.54, 1.807) is 7.11 Å². The normalized spacial score (nSPS) is 16.6. The Morgan fingerprint density at radius 3 is 2.83 bits per heavy atom. The first kappa shape index (κ1) is 16.1. The Hall–Kier alpha value is -1.81. The fourth-order valence-electron chi connectivity index (χ4n) is 3.51. The molecule has 3 rings (SSSR count). The average molecular weight is 313 g/mol. The lowest BCUT2D eigenvalue weighted by Crippen LogP contribution is -2.31. The molecule has 1 saturated heterocycles. The van der Waals surface area contributed by atoms with Gasteiger partial charge in [0.05, 0.1) is 7.11 Å². The lowest BCUT2D eigenvalue weighted by Gasteiger charge is -2.25. The Balaban J connectivity index is 1.96. The highest BCUT2D eigenvalue weighted by Crippen LogP contribution is 2.32. The summed E-state index contributed by atoms with van der Waals surface area (Å²) in [5.74, 6) is 0.856. The topological polar surface area (TPSA) is 28.6 Å². The summed E-state index contributed by atoms with van der Waals surface area (Å²) in [7, 11) is 1.72. The minimum Gasteiger partial charge on any atom is -0.494 e. The van der Waals surface area contributed by atoms with Gasteiger partial charge in [0.1, 0.15) is 11.3 Å². The molecule has 0 saturated carbocycles. The van der Waals surface area contributed by atoms with Gasteiger partial charge in [0.15, 0.2) is 0 Å². The lowest BCUT2D eigenvalue weighted by atomic mass is 10.1. The van der Waals surface area contributed by atoms with E-state index in [-0.39, 0.29) is 0 Å². The zero-order chi connectivity index (χ0) is 16.2. The smallest absolute Gasteiger partial charge is 0.145 e. The highest BCUT2D eigenvalue weighted by Gasteiger charge is 2.18. The van der Waals surface area contributed by atoms with Crippen LogP contribution in [0.25, 0.3) is 10.9 Å². The maximum absolute atomic E-state index is 5.51. The highest BCUT2D eigenvalue weighted by molar-refractivity contribution is 5.95. The maximum Gasteiger partial charge on any atom is 0.145 e. The number of aryl methyl sites for hydroxylation is 1. The number of fused-ring (bicyclic) bond motifs is 1. The summed E-state index contributed by atoms with van der Waals surface area (Å²) >= 11 is 0. The third kappa shape index (κ3) is 3.42. The van der Waals surface area contributed by atoms with Crippen molar-refractivity contribution in [3.63, 3.8) is 0 Å². The van der Waals surface area contributed by atoms with Crippen molar-refractivity contribution < 1.29 is 4.74 Å². The van der Waals surface area contributed by atoms with Gasteiger partial charge in [-0.05, 0) is 45.0 Å². The van der Waals surface area contributed by atoms with Gasteiger partial charge in [0, 0.05) is 36.4 Å². The van der Waals surface area contributed by atoms with Crippen molar-refractivity contribution >= 4 is 16.6 Å². The number of hydrogen-bond donors (Lipinski definition) is 0. The predicted octanol–water partition coefficient (Wildman–Crippen LogP) is 3.47. The molecule has 0 unspecified atom stereocenters. The van der Waals surface area contributed by atoms with Gasteiger partial charge in [-0.15, -0.1) is 0 Å². The fourth-order valence-corrected chi connectivity index (χ4v) is 3.51. The van der Waals surface area contributed by atoms with Crippen LogP contribution in [0.4, 0.5) is 5.69 Å². The molecule has 0 aliphatic carbocycles. The minimum absolute atomic E-state index is 0.856. The lowest BCUT2D eigenvalue weighted by molar-refractivity contribution is 0.294. The van der Waals surface area contributed by atoms with Crippen LogP contribution in [0.5, 0.6) is 5.75 Å². The molecule has 2 heterocycles. The van der Waals surface area contributed by atoms with Crippen LogP contribution >= 0.6 is 0 Å². The molecule has 0 N–H and O–H groups in total. The van der Waals surface area contributed by atoms with Crippen LogP contribution in [0, 0.1) is 6.92 Å². The summed E-state index contributed by atoms with van der Waals surface area (Å²) in [5.41, 5.74) is 3.32. The number of para-hydroxylation sites is 1. The second-order valence-corrected chi connectivity index (χ2v) is 6.32. The van der Waals surface area contributed by atoms with E-state index in [1.807, 2.05) is 6.07 Å². The van der Waals surface area contributed by atoms with Crippen LogP contribution in [0.1, 0.15) is 25.5 Å². The van der Waals surface area contributed by atoms with Gasteiger partial charge in [0.25, 0.3) is 0 Å². The summed E-state index contributed by atoms with van der Waals surface area (Å²) in [6.07, 6.45) is 2.45. The van der Waals surface area contributed by atoms with Crippen LogP contribution in [-0.4, -0.2) is 49.7 Å². The number of pyridine rings is 1.